The summed E-state index contributed by atoms with van der Waals surface area (Å²) in [5.74, 6) is 0.889. The number of furan rings is 1. The standard InChI is InChI=1S/C15H17BrClNO/c1-3-8-18-15(13-6-7-14(16)19-13)11-5-4-10(2)12(17)9-11/h4-7,9,15,18H,3,8H2,1-2H3. The molecule has 1 unspecified atom stereocenters. The lowest BCUT2D eigenvalue weighted by Gasteiger charge is -2.17. The number of halogens is 2. The SMILES string of the molecule is CCCNC(c1ccc(C)c(Cl)c1)c1ccc(Br)o1. The van der Waals surface area contributed by atoms with Crippen molar-refractivity contribution in [2.45, 2.75) is 26.3 Å². The molecular weight excluding hydrogens is 326 g/mol. The first-order valence-corrected chi connectivity index (χ1v) is 7.53. The van der Waals surface area contributed by atoms with E-state index in [0.717, 1.165) is 39.5 Å². The Morgan fingerprint density at radius 1 is 1.32 bits per heavy atom. The van der Waals surface area contributed by atoms with Gasteiger partial charge in [0.25, 0.3) is 0 Å². The largest absolute Gasteiger partial charge is 0.452 e. The summed E-state index contributed by atoms with van der Waals surface area (Å²) in [7, 11) is 0. The van der Waals surface area contributed by atoms with Gasteiger partial charge in [-0.1, -0.05) is 30.7 Å². The van der Waals surface area contributed by atoms with Crippen LogP contribution in [0.2, 0.25) is 5.02 Å². The third kappa shape index (κ3) is 3.62. The Hall–Kier alpha value is -0.770. The average molecular weight is 343 g/mol. The summed E-state index contributed by atoms with van der Waals surface area (Å²) in [6.07, 6.45) is 1.07. The number of hydrogen-bond acceptors (Lipinski definition) is 2. The molecule has 0 spiro atoms. The van der Waals surface area contributed by atoms with Crippen molar-refractivity contribution in [3.8, 4) is 0 Å². The van der Waals surface area contributed by atoms with E-state index in [1.807, 2.05) is 31.2 Å². The van der Waals surface area contributed by atoms with Crippen LogP contribution in [0.15, 0.2) is 39.4 Å². The van der Waals surface area contributed by atoms with Gasteiger partial charge in [-0.25, -0.2) is 0 Å². The van der Waals surface area contributed by atoms with E-state index in [2.05, 4.69) is 34.2 Å². The van der Waals surface area contributed by atoms with Gasteiger partial charge >= 0.3 is 0 Å². The van der Waals surface area contributed by atoms with Crippen LogP contribution in [0.4, 0.5) is 0 Å². The molecule has 19 heavy (non-hydrogen) atoms. The number of nitrogens with one attached hydrogen (secondary N) is 1. The zero-order valence-corrected chi connectivity index (χ0v) is 13.4. The molecule has 1 aromatic carbocycles. The molecule has 1 aromatic heterocycles. The van der Waals surface area contributed by atoms with E-state index in [1.165, 1.54) is 0 Å². The summed E-state index contributed by atoms with van der Waals surface area (Å²) in [5.41, 5.74) is 2.20. The van der Waals surface area contributed by atoms with Gasteiger partial charge in [-0.2, -0.15) is 0 Å². The molecule has 0 saturated carbocycles. The van der Waals surface area contributed by atoms with Crippen molar-refractivity contribution in [1.29, 1.82) is 0 Å². The second-order valence-electron chi connectivity index (χ2n) is 4.54. The molecule has 102 valence electrons. The molecule has 2 nitrogen and oxygen atoms in total. The van der Waals surface area contributed by atoms with Crippen LogP contribution in [0.5, 0.6) is 0 Å². The lowest BCUT2D eigenvalue weighted by atomic mass is 10.0. The lowest BCUT2D eigenvalue weighted by molar-refractivity contribution is 0.433. The van der Waals surface area contributed by atoms with Crippen LogP contribution in [0, 0.1) is 6.92 Å². The molecule has 2 rings (SSSR count). The van der Waals surface area contributed by atoms with E-state index in [4.69, 9.17) is 16.0 Å². The highest BCUT2D eigenvalue weighted by atomic mass is 79.9. The van der Waals surface area contributed by atoms with Crippen LogP contribution in [-0.4, -0.2) is 6.54 Å². The van der Waals surface area contributed by atoms with Crippen LogP contribution in [0.1, 0.15) is 36.3 Å². The van der Waals surface area contributed by atoms with E-state index < -0.39 is 0 Å². The van der Waals surface area contributed by atoms with Gasteiger partial charge in [0, 0.05) is 5.02 Å². The third-order valence-electron chi connectivity index (χ3n) is 3.01. The van der Waals surface area contributed by atoms with E-state index in [9.17, 15) is 0 Å². The monoisotopic (exact) mass is 341 g/mol. The molecule has 0 bridgehead atoms. The maximum atomic E-state index is 6.22. The van der Waals surface area contributed by atoms with E-state index in [1.54, 1.807) is 0 Å². The summed E-state index contributed by atoms with van der Waals surface area (Å²) >= 11 is 9.56. The van der Waals surface area contributed by atoms with Crippen molar-refractivity contribution in [2.75, 3.05) is 6.54 Å². The zero-order valence-electron chi connectivity index (χ0n) is 11.0. The Kier molecular flexibility index (Phi) is 5.08. The van der Waals surface area contributed by atoms with Gasteiger partial charge in [0.1, 0.15) is 5.76 Å². The molecule has 1 heterocycles. The van der Waals surface area contributed by atoms with Crippen LogP contribution in [-0.2, 0) is 0 Å². The molecule has 1 atom stereocenters. The fourth-order valence-electron chi connectivity index (χ4n) is 1.94. The third-order valence-corrected chi connectivity index (χ3v) is 3.84. The van der Waals surface area contributed by atoms with Gasteiger partial charge in [0.2, 0.25) is 0 Å². The molecule has 0 fully saturated rings. The van der Waals surface area contributed by atoms with Crippen molar-refractivity contribution in [3.05, 3.63) is 56.9 Å². The van der Waals surface area contributed by atoms with Crippen molar-refractivity contribution < 1.29 is 4.42 Å². The Morgan fingerprint density at radius 3 is 2.68 bits per heavy atom. The highest BCUT2D eigenvalue weighted by Gasteiger charge is 2.17. The van der Waals surface area contributed by atoms with Crippen molar-refractivity contribution in [1.82, 2.24) is 5.32 Å². The molecule has 0 aliphatic carbocycles. The van der Waals surface area contributed by atoms with E-state index in [0.29, 0.717) is 0 Å². The summed E-state index contributed by atoms with van der Waals surface area (Å²) in [6.45, 7) is 5.07. The molecular formula is C15H17BrClNO. The van der Waals surface area contributed by atoms with Crippen LogP contribution < -0.4 is 5.32 Å². The quantitative estimate of drug-likeness (QED) is 0.818. The minimum absolute atomic E-state index is 0.0318. The predicted molar refractivity (Wildman–Crippen MR) is 82.7 cm³/mol. The first-order chi connectivity index (χ1) is 9.11. The zero-order chi connectivity index (χ0) is 13.8. The van der Waals surface area contributed by atoms with Crippen LogP contribution in [0.25, 0.3) is 0 Å². The molecule has 0 aliphatic rings. The molecule has 0 aliphatic heterocycles. The minimum Gasteiger partial charge on any atom is -0.452 e. The molecule has 1 N–H and O–H groups in total. The van der Waals surface area contributed by atoms with Gasteiger partial charge in [-0.15, -0.1) is 0 Å². The fourth-order valence-corrected chi connectivity index (χ4v) is 2.45. The normalized spacial score (nSPS) is 12.6. The molecule has 0 amide bonds. The first-order valence-electron chi connectivity index (χ1n) is 6.36. The Morgan fingerprint density at radius 2 is 2.11 bits per heavy atom. The summed E-state index contributed by atoms with van der Waals surface area (Å²) in [6, 6.07) is 10.0. The second kappa shape index (κ2) is 6.60. The van der Waals surface area contributed by atoms with Gasteiger partial charge in [-0.3, -0.25) is 0 Å². The van der Waals surface area contributed by atoms with Crippen molar-refractivity contribution >= 4 is 27.5 Å². The average Bonchev–Trinajstić information content (AvgIpc) is 2.80. The summed E-state index contributed by atoms with van der Waals surface area (Å²) in [4.78, 5) is 0. The topological polar surface area (TPSA) is 25.2 Å². The minimum atomic E-state index is 0.0318. The smallest absolute Gasteiger partial charge is 0.169 e. The van der Waals surface area contributed by atoms with Gasteiger partial charge in [-0.05, 0) is 65.1 Å². The maximum absolute atomic E-state index is 6.22. The summed E-state index contributed by atoms with van der Waals surface area (Å²) in [5, 5.41) is 4.27. The number of benzene rings is 1. The number of hydrogen-bond donors (Lipinski definition) is 1. The highest BCUT2D eigenvalue weighted by molar-refractivity contribution is 9.10. The molecule has 0 radical (unpaired) electrons. The molecule has 2 aromatic rings. The second-order valence-corrected chi connectivity index (χ2v) is 5.73. The van der Waals surface area contributed by atoms with Crippen LogP contribution >= 0.6 is 27.5 Å². The molecule has 0 saturated heterocycles. The number of rotatable bonds is 5. The Bertz CT molecular complexity index is 553. The van der Waals surface area contributed by atoms with Crippen LogP contribution in [0.3, 0.4) is 0 Å². The maximum Gasteiger partial charge on any atom is 0.169 e. The fraction of sp³-hybridized carbons (Fsp3) is 0.333. The first kappa shape index (κ1) is 14.6. The summed E-state index contributed by atoms with van der Waals surface area (Å²) < 4.78 is 6.42. The van der Waals surface area contributed by atoms with Crippen molar-refractivity contribution in [2.24, 2.45) is 0 Å². The van der Waals surface area contributed by atoms with Gasteiger partial charge in [0.05, 0.1) is 6.04 Å². The Balaban J connectivity index is 2.33. The predicted octanol–water partition coefficient (Wildman–Crippen LogP) is 5.09. The van der Waals surface area contributed by atoms with Gasteiger partial charge < -0.3 is 9.73 Å². The Labute approximate surface area is 127 Å². The van der Waals surface area contributed by atoms with E-state index >= 15 is 0 Å². The highest BCUT2D eigenvalue weighted by Crippen LogP contribution is 2.28. The van der Waals surface area contributed by atoms with Gasteiger partial charge in [0.15, 0.2) is 4.67 Å². The molecule has 4 heteroatoms. The lowest BCUT2D eigenvalue weighted by Crippen LogP contribution is -2.22. The number of aryl methyl sites for hydroxylation is 1. The van der Waals surface area contributed by atoms with Crippen molar-refractivity contribution in [3.63, 3.8) is 0 Å². The van der Waals surface area contributed by atoms with E-state index in [-0.39, 0.29) is 6.04 Å².